The van der Waals surface area contributed by atoms with Gasteiger partial charge < -0.3 is 28.6 Å². The number of hydrogen-bond donors (Lipinski definition) is 0. The van der Waals surface area contributed by atoms with Crippen LogP contribution in [0.25, 0.3) is 0 Å². The van der Waals surface area contributed by atoms with Crippen LogP contribution in [-0.4, -0.2) is 54.5 Å². The Morgan fingerprint density at radius 2 is 1.72 bits per heavy atom. The van der Waals surface area contributed by atoms with E-state index < -0.39 is 17.7 Å². The predicted octanol–water partition coefficient (Wildman–Crippen LogP) is 3.98. The Labute approximate surface area is 213 Å². The molecule has 0 aromatic heterocycles. The summed E-state index contributed by atoms with van der Waals surface area (Å²) in [6.07, 6.45) is 1.22. The largest absolute Gasteiger partial charge is 0.460 e. The quantitative estimate of drug-likeness (QED) is 0.323. The fraction of sp³-hybridized carbons (Fsp3) is 0.423. The second-order valence-corrected chi connectivity index (χ2v) is 9.24. The van der Waals surface area contributed by atoms with Gasteiger partial charge in [0.2, 0.25) is 0 Å². The van der Waals surface area contributed by atoms with Crippen molar-refractivity contribution in [1.29, 1.82) is 0 Å². The first-order chi connectivity index (χ1) is 17.3. The molecule has 2 aromatic rings. The minimum absolute atomic E-state index is 0.0450. The molecule has 0 unspecified atom stereocenters. The van der Waals surface area contributed by atoms with Crippen LogP contribution in [0.4, 0.5) is 4.79 Å². The van der Waals surface area contributed by atoms with Gasteiger partial charge >= 0.3 is 23.8 Å². The average molecular weight is 516 g/mol. The lowest BCUT2D eigenvalue weighted by atomic mass is 9.87. The third kappa shape index (κ3) is 4.21. The summed E-state index contributed by atoms with van der Waals surface area (Å²) in [5.41, 5.74) is 2.79. The number of halogens is 1. The van der Waals surface area contributed by atoms with E-state index in [0.717, 1.165) is 23.1 Å². The minimum atomic E-state index is -2.33. The number of nitrogens with zero attached hydrogens (tertiary/aromatic N) is 1. The van der Waals surface area contributed by atoms with E-state index in [1.54, 1.807) is 43.0 Å². The van der Waals surface area contributed by atoms with Crippen molar-refractivity contribution in [2.24, 2.45) is 0 Å². The lowest BCUT2D eigenvalue weighted by Crippen LogP contribution is -2.55. The smallest absolute Gasteiger partial charge is 0.453 e. The molecule has 10 heteroatoms. The first kappa shape index (κ1) is 24.2. The number of esters is 2. The highest BCUT2D eigenvalue weighted by Crippen LogP contribution is 2.44. The monoisotopic (exact) mass is 515 g/mol. The highest BCUT2D eigenvalue weighted by Gasteiger charge is 2.60. The second kappa shape index (κ2) is 9.54. The molecule has 0 radical (unpaired) electrons. The Hall–Kier alpha value is -3.46. The number of carbonyl (C=O) groups is 3. The zero-order valence-electron chi connectivity index (χ0n) is 20.0. The maximum absolute atomic E-state index is 12.7. The number of carbonyl (C=O) groups excluding carboxylic acids is 3. The fourth-order valence-corrected chi connectivity index (χ4v) is 5.06. The molecule has 2 aromatic carbocycles. The van der Waals surface area contributed by atoms with Gasteiger partial charge in [0, 0.05) is 11.1 Å². The SMILES string of the molecule is CCOC(=O)C1(C(=O)OCC)Oc2cc3c(cc2O1)C[C@H](N1C[C@H](c2cccc(Cl)c2)OC1=O)CC3. The Balaban J connectivity index is 1.35. The summed E-state index contributed by atoms with van der Waals surface area (Å²) in [7, 11) is 0. The molecule has 2 aliphatic heterocycles. The van der Waals surface area contributed by atoms with Gasteiger partial charge in [-0.05, 0) is 74.1 Å². The molecular weight excluding hydrogens is 490 g/mol. The van der Waals surface area contributed by atoms with E-state index in [0.29, 0.717) is 24.4 Å². The first-order valence-electron chi connectivity index (χ1n) is 12.0. The maximum Gasteiger partial charge on any atom is 0.453 e. The van der Waals surface area contributed by atoms with Gasteiger partial charge in [0.1, 0.15) is 6.10 Å². The summed E-state index contributed by atoms with van der Waals surface area (Å²) >= 11 is 6.11. The topological polar surface area (TPSA) is 101 Å². The van der Waals surface area contributed by atoms with Crippen molar-refractivity contribution >= 4 is 29.6 Å². The van der Waals surface area contributed by atoms with Crippen molar-refractivity contribution in [3.63, 3.8) is 0 Å². The summed E-state index contributed by atoms with van der Waals surface area (Å²) in [6.45, 7) is 3.77. The molecule has 3 aliphatic rings. The van der Waals surface area contributed by atoms with Crippen LogP contribution in [0.15, 0.2) is 36.4 Å². The van der Waals surface area contributed by atoms with Crippen LogP contribution in [0, 0.1) is 0 Å². The number of amides is 1. The van der Waals surface area contributed by atoms with Gasteiger partial charge in [-0.1, -0.05) is 23.7 Å². The molecule has 1 saturated heterocycles. The Morgan fingerprint density at radius 1 is 1.06 bits per heavy atom. The molecule has 2 heterocycles. The number of hydrogen-bond acceptors (Lipinski definition) is 8. The van der Waals surface area contributed by atoms with Gasteiger partial charge in [-0.25, -0.2) is 14.4 Å². The summed E-state index contributed by atoms with van der Waals surface area (Å²) in [5, 5.41) is 0.589. The van der Waals surface area contributed by atoms with Crippen molar-refractivity contribution in [3.05, 3.63) is 58.1 Å². The normalized spacial score (nSPS) is 21.5. The average Bonchev–Trinajstić information content (AvgIpc) is 3.44. The van der Waals surface area contributed by atoms with E-state index in [9.17, 15) is 14.4 Å². The van der Waals surface area contributed by atoms with Crippen LogP contribution >= 0.6 is 11.6 Å². The first-order valence-corrected chi connectivity index (χ1v) is 12.3. The van der Waals surface area contributed by atoms with Gasteiger partial charge in [-0.15, -0.1) is 0 Å². The molecule has 1 amide bonds. The predicted molar refractivity (Wildman–Crippen MR) is 127 cm³/mol. The van der Waals surface area contributed by atoms with Crippen molar-refractivity contribution in [1.82, 2.24) is 4.90 Å². The van der Waals surface area contributed by atoms with Crippen LogP contribution < -0.4 is 9.47 Å². The van der Waals surface area contributed by atoms with Crippen molar-refractivity contribution in [2.75, 3.05) is 19.8 Å². The summed E-state index contributed by atoms with van der Waals surface area (Å²) in [6, 6.07) is 10.8. The molecule has 36 heavy (non-hydrogen) atoms. The summed E-state index contributed by atoms with van der Waals surface area (Å²) < 4.78 is 27.2. The van der Waals surface area contributed by atoms with E-state index in [-0.39, 0.29) is 43.0 Å². The molecule has 190 valence electrons. The lowest BCUT2D eigenvalue weighted by Gasteiger charge is -2.30. The van der Waals surface area contributed by atoms with Crippen LogP contribution in [0.5, 0.6) is 11.5 Å². The number of fused-ring (bicyclic) bond motifs is 2. The molecule has 5 rings (SSSR count). The highest BCUT2D eigenvalue weighted by molar-refractivity contribution is 6.30. The van der Waals surface area contributed by atoms with Gasteiger partial charge in [-0.3, -0.25) is 0 Å². The number of ether oxygens (including phenoxy) is 5. The Morgan fingerprint density at radius 3 is 2.36 bits per heavy atom. The molecule has 2 atom stereocenters. The molecule has 0 saturated carbocycles. The number of benzene rings is 2. The van der Waals surface area contributed by atoms with Gasteiger partial charge in [0.05, 0.1) is 19.8 Å². The van der Waals surface area contributed by atoms with E-state index in [1.807, 2.05) is 12.1 Å². The molecule has 9 nitrogen and oxygen atoms in total. The lowest BCUT2D eigenvalue weighted by molar-refractivity contribution is -0.202. The van der Waals surface area contributed by atoms with Gasteiger partial charge in [0.15, 0.2) is 11.5 Å². The van der Waals surface area contributed by atoms with Gasteiger partial charge in [0.25, 0.3) is 0 Å². The number of cyclic esters (lactones) is 1. The maximum atomic E-state index is 12.7. The molecule has 0 bridgehead atoms. The second-order valence-electron chi connectivity index (χ2n) is 8.81. The van der Waals surface area contributed by atoms with Crippen LogP contribution in [0.1, 0.15) is 43.1 Å². The molecule has 1 fully saturated rings. The standard InChI is InChI=1S/C26H26ClNO8/c1-3-32-23(29)26(24(30)33-4-2)35-20-12-15-8-9-19(11-17(15)13-21(20)36-26)28-14-22(34-25(28)31)16-6-5-7-18(27)10-16/h5-7,10,12-13,19,22H,3-4,8-9,11,14H2,1-2H3/t19-,22-/m1/s1. The number of aryl methyl sites for hydroxylation is 1. The summed E-state index contributed by atoms with van der Waals surface area (Å²) in [4.78, 5) is 39.8. The van der Waals surface area contributed by atoms with E-state index in [1.165, 1.54) is 0 Å². The van der Waals surface area contributed by atoms with Crippen LogP contribution in [0.2, 0.25) is 5.02 Å². The number of rotatable bonds is 6. The van der Waals surface area contributed by atoms with E-state index in [4.69, 9.17) is 35.3 Å². The van der Waals surface area contributed by atoms with Crippen molar-refractivity contribution in [2.45, 2.75) is 51.0 Å². The van der Waals surface area contributed by atoms with Crippen molar-refractivity contribution in [3.8, 4) is 11.5 Å². The Kier molecular flexibility index (Phi) is 6.42. The highest BCUT2D eigenvalue weighted by atomic mass is 35.5. The Bertz CT molecular complexity index is 1200. The zero-order chi connectivity index (χ0) is 25.4. The van der Waals surface area contributed by atoms with E-state index >= 15 is 0 Å². The fourth-order valence-electron chi connectivity index (χ4n) is 4.86. The third-order valence-electron chi connectivity index (χ3n) is 6.57. The van der Waals surface area contributed by atoms with Crippen LogP contribution in [-0.2, 0) is 36.6 Å². The van der Waals surface area contributed by atoms with Crippen LogP contribution in [0.3, 0.4) is 0 Å². The minimum Gasteiger partial charge on any atom is -0.460 e. The zero-order valence-corrected chi connectivity index (χ0v) is 20.7. The molecule has 0 N–H and O–H groups in total. The molecule has 0 spiro atoms. The third-order valence-corrected chi connectivity index (χ3v) is 6.80. The molecular formula is C26H26ClNO8. The van der Waals surface area contributed by atoms with E-state index in [2.05, 4.69) is 0 Å². The van der Waals surface area contributed by atoms with Gasteiger partial charge in [-0.2, -0.15) is 0 Å². The summed E-state index contributed by atoms with van der Waals surface area (Å²) in [5.74, 6) is -3.75. The van der Waals surface area contributed by atoms with Crippen molar-refractivity contribution < 1.29 is 38.1 Å². The molecule has 1 aliphatic carbocycles.